The van der Waals surface area contributed by atoms with Crippen LogP contribution in [0.1, 0.15) is 46.9 Å². The summed E-state index contributed by atoms with van der Waals surface area (Å²) in [7, 11) is 0. The van der Waals surface area contributed by atoms with Gasteiger partial charge in [0.15, 0.2) is 0 Å². The number of nitrogens with zero attached hydrogens (tertiary/aromatic N) is 3. The van der Waals surface area contributed by atoms with Crippen molar-refractivity contribution >= 4 is 12.2 Å². The van der Waals surface area contributed by atoms with E-state index in [1.807, 2.05) is 10.8 Å². The number of aliphatic hydroxyl groups is 1. The van der Waals surface area contributed by atoms with Gasteiger partial charge in [-0.05, 0) is 54.7 Å². The number of benzene rings is 2. The van der Waals surface area contributed by atoms with E-state index in [4.69, 9.17) is 9.15 Å². The normalized spacial score (nSPS) is 11.9. The number of unbranched alkanes of at least 4 members (excludes halogenated alkanes) is 1. The Morgan fingerprint density at radius 2 is 1.86 bits per heavy atom. The van der Waals surface area contributed by atoms with Crippen LogP contribution in [0.5, 0.6) is 5.75 Å². The smallest absolute Gasteiger partial charge is 0.416 e. The Morgan fingerprint density at radius 3 is 2.59 bits per heavy atom. The zero-order valence-corrected chi connectivity index (χ0v) is 19.8. The topological polar surface area (TPSA) is 73.3 Å². The number of halogens is 4. The van der Waals surface area contributed by atoms with Gasteiger partial charge in [0.05, 0.1) is 5.56 Å². The van der Waals surface area contributed by atoms with Gasteiger partial charge in [-0.3, -0.25) is 0 Å². The van der Waals surface area contributed by atoms with Gasteiger partial charge < -0.3 is 18.8 Å². The molecule has 0 fully saturated rings. The van der Waals surface area contributed by atoms with E-state index in [0.29, 0.717) is 41.4 Å². The molecule has 0 unspecified atom stereocenters. The van der Waals surface area contributed by atoms with Crippen molar-refractivity contribution in [3.8, 4) is 5.75 Å². The molecule has 4 rings (SSSR count). The van der Waals surface area contributed by atoms with Crippen molar-refractivity contribution in [1.82, 2.24) is 14.5 Å². The summed E-state index contributed by atoms with van der Waals surface area (Å²) >= 11 is 0. The van der Waals surface area contributed by atoms with Crippen molar-refractivity contribution in [3.63, 3.8) is 0 Å². The first kappa shape index (κ1) is 26.2. The molecule has 0 aliphatic rings. The van der Waals surface area contributed by atoms with Crippen LogP contribution in [0.4, 0.5) is 17.6 Å². The van der Waals surface area contributed by atoms with Gasteiger partial charge in [-0.1, -0.05) is 18.2 Å². The Bertz CT molecular complexity index is 1330. The van der Waals surface area contributed by atoms with E-state index in [-0.39, 0.29) is 24.9 Å². The van der Waals surface area contributed by atoms with Crippen molar-refractivity contribution < 1.29 is 31.8 Å². The summed E-state index contributed by atoms with van der Waals surface area (Å²) in [4.78, 5) is 8.31. The molecule has 6 nitrogen and oxygen atoms in total. The fraction of sp³-hybridized carbons (Fsp3) is 0.259. The van der Waals surface area contributed by atoms with E-state index in [1.165, 1.54) is 30.5 Å². The second kappa shape index (κ2) is 11.9. The molecule has 0 aliphatic carbocycles. The van der Waals surface area contributed by atoms with E-state index in [2.05, 4.69) is 9.97 Å². The molecule has 2 aromatic carbocycles. The summed E-state index contributed by atoms with van der Waals surface area (Å²) < 4.78 is 65.3. The standard InChI is InChI=1S/C27H25F4N3O3/c28-24-15-23(10-7-20(24)3-1-2-13-34-14-12-32-25(34)16-35)36-17-22-18-37-26(33-22)11-6-19-4-8-21(9-5-19)27(29,30)31/h4-12,14-15,18,35H,1-3,13,16-17H2/b11-6+. The molecular formula is C27H25F4N3O3. The largest absolute Gasteiger partial charge is 0.487 e. The Morgan fingerprint density at radius 1 is 1.05 bits per heavy atom. The molecule has 2 aromatic heterocycles. The summed E-state index contributed by atoms with van der Waals surface area (Å²) in [5, 5.41) is 9.23. The minimum Gasteiger partial charge on any atom is -0.487 e. The highest BCUT2D eigenvalue weighted by atomic mass is 19.4. The first-order chi connectivity index (χ1) is 17.8. The molecule has 1 N–H and O–H groups in total. The minimum absolute atomic E-state index is 0.0640. The lowest BCUT2D eigenvalue weighted by molar-refractivity contribution is -0.137. The number of aliphatic hydroxyl groups excluding tert-OH is 1. The number of alkyl halides is 3. The molecule has 2 heterocycles. The second-order valence-corrected chi connectivity index (χ2v) is 8.32. The summed E-state index contributed by atoms with van der Waals surface area (Å²) in [6, 6.07) is 9.46. The van der Waals surface area contributed by atoms with E-state index >= 15 is 0 Å². The maximum Gasteiger partial charge on any atom is 0.416 e. The zero-order valence-electron chi connectivity index (χ0n) is 19.8. The first-order valence-electron chi connectivity index (χ1n) is 11.6. The highest BCUT2D eigenvalue weighted by molar-refractivity contribution is 5.66. The monoisotopic (exact) mass is 515 g/mol. The van der Waals surface area contributed by atoms with Gasteiger partial charge in [-0.2, -0.15) is 13.2 Å². The van der Waals surface area contributed by atoms with Crippen molar-refractivity contribution in [1.29, 1.82) is 0 Å². The molecule has 37 heavy (non-hydrogen) atoms. The minimum atomic E-state index is -4.38. The molecule has 0 amide bonds. The van der Waals surface area contributed by atoms with Crippen LogP contribution in [0.25, 0.3) is 12.2 Å². The lowest BCUT2D eigenvalue weighted by Gasteiger charge is -2.08. The number of aryl methyl sites for hydroxylation is 2. The number of hydrogen-bond donors (Lipinski definition) is 1. The van der Waals surface area contributed by atoms with E-state index in [0.717, 1.165) is 25.0 Å². The Balaban J connectivity index is 1.24. The third-order valence-electron chi connectivity index (χ3n) is 5.68. The van der Waals surface area contributed by atoms with Crippen LogP contribution in [-0.2, 0) is 32.4 Å². The lowest BCUT2D eigenvalue weighted by Crippen LogP contribution is -2.03. The first-order valence-corrected chi connectivity index (χ1v) is 11.6. The van der Waals surface area contributed by atoms with Crippen LogP contribution in [0, 0.1) is 5.82 Å². The van der Waals surface area contributed by atoms with E-state index in [9.17, 15) is 22.7 Å². The van der Waals surface area contributed by atoms with Gasteiger partial charge in [-0.15, -0.1) is 0 Å². The van der Waals surface area contributed by atoms with Crippen molar-refractivity contribution in [2.24, 2.45) is 0 Å². The molecule has 0 atom stereocenters. The van der Waals surface area contributed by atoms with E-state index < -0.39 is 11.7 Å². The lowest BCUT2D eigenvalue weighted by atomic mass is 10.1. The summed E-state index contributed by atoms with van der Waals surface area (Å²) in [6.07, 6.45) is 5.78. The number of oxazole rings is 1. The van der Waals surface area contributed by atoms with Gasteiger partial charge in [0.25, 0.3) is 0 Å². The number of rotatable bonds is 11. The fourth-order valence-electron chi connectivity index (χ4n) is 3.69. The summed E-state index contributed by atoms with van der Waals surface area (Å²) in [6.45, 7) is 0.657. The third-order valence-corrected chi connectivity index (χ3v) is 5.68. The van der Waals surface area contributed by atoms with Crippen molar-refractivity contribution in [2.45, 2.75) is 45.2 Å². The Labute approximate surface area is 210 Å². The molecule has 0 spiro atoms. The molecule has 0 saturated heterocycles. The molecule has 0 aliphatic heterocycles. The average molecular weight is 516 g/mol. The number of aromatic nitrogens is 3. The Hall–Kier alpha value is -3.92. The van der Waals surface area contributed by atoms with Crippen LogP contribution >= 0.6 is 0 Å². The predicted octanol–water partition coefficient (Wildman–Crippen LogP) is 6.29. The SMILES string of the molecule is OCc1nccn1CCCCc1ccc(OCc2coc(/C=C/c3ccc(C(F)(F)F)cc3)n2)cc1F. The van der Waals surface area contributed by atoms with Gasteiger partial charge in [0, 0.05) is 31.1 Å². The van der Waals surface area contributed by atoms with E-state index in [1.54, 1.807) is 24.4 Å². The molecule has 0 saturated carbocycles. The quantitative estimate of drug-likeness (QED) is 0.188. The highest BCUT2D eigenvalue weighted by Crippen LogP contribution is 2.29. The average Bonchev–Trinajstić information content (AvgIpc) is 3.54. The van der Waals surface area contributed by atoms with Gasteiger partial charge in [0.2, 0.25) is 5.89 Å². The van der Waals surface area contributed by atoms with Gasteiger partial charge in [-0.25, -0.2) is 14.4 Å². The molecular weight excluding hydrogens is 490 g/mol. The molecule has 10 heteroatoms. The van der Waals surface area contributed by atoms with Crippen LogP contribution in [0.2, 0.25) is 0 Å². The van der Waals surface area contributed by atoms with Crippen LogP contribution in [0.15, 0.2) is 65.5 Å². The maximum atomic E-state index is 14.5. The fourth-order valence-corrected chi connectivity index (χ4v) is 3.69. The maximum absolute atomic E-state index is 14.5. The second-order valence-electron chi connectivity index (χ2n) is 8.32. The van der Waals surface area contributed by atoms with Gasteiger partial charge in [0.1, 0.15) is 42.6 Å². The van der Waals surface area contributed by atoms with Crippen molar-refractivity contribution in [3.05, 3.63) is 101 Å². The Kier molecular flexibility index (Phi) is 8.39. The van der Waals surface area contributed by atoms with Crippen molar-refractivity contribution in [2.75, 3.05) is 0 Å². The zero-order chi connectivity index (χ0) is 26.3. The summed E-state index contributed by atoms with van der Waals surface area (Å²) in [5.74, 6) is 0.887. The molecule has 4 aromatic rings. The molecule has 194 valence electrons. The molecule has 0 radical (unpaired) electrons. The van der Waals surface area contributed by atoms with Crippen LogP contribution in [0.3, 0.4) is 0 Å². The number of ether oxygens (including phenoxy) is 1. The number of imidazole rings is 1. The third kappa shape index (κ3) is 7.29. The van der Waals surface area contributed by atoms with Crippen LogP contribution < -0.4 is 4.74 Å². The van der Waals surface area contributed by atoms with Gasteiger partial charge >= 0.3 is 6.18 Å². The van der Waals surface area contributed by atoms with Crippen LogP contribution in [-0.4, -0.2) is 19.6 Å². The highest BCUT2D eigenvalue weighted by Gasteiger charge is 2.29. The summed E-state index contributed by atoms with van der Waals surface area (Å²) in [5.41, 5.74) is 0.930. The number of hydrogen-bond acceptors (Lipinski definition) is 5. The molecule has 0 bridgehead atoms. The predicted molar refractivity (Wildman–Crippen MR) is 129 cm³/mol.